The molecule has 0 unspecified atom stereocenters. The van der Waals surface area contributed by atoms with E-state index in [1.54, 1.807) is 36.3 Å². The predicted octanol–water partition coefficient (Wildman–Crippen LogP) is 2.55. The van der Waals surface area contributed by atoms with Crippen LogP contribution in [0.4, 0.5) is 5.69 Å². The van der Waals surface area contributed by atoms with Gasteiger partial charge in [0.05, 0.1) is 47.2 Å². The molecule has 0 aliphatic heterocycles. The fourth-order valence-electron chi connectivity index (χ4n) is 2.91. The predicted molar refractivity (Wildman–Crippen MR) is 103 cm³/mol. The molecule has 4 aromatic rings. The Labute approximate surface area is 165 Å². The van der Waals surface area contributed by atoms with E-state index in [9.17, 15) is 10.1 Å². The van der Waals surface area contributed by atoms with E-state index in [1.807, 2.05) is 24.3 Å². The molecule has 2 heterocycles. The van der Waals surface area contributed by atoms with Crippen LogP contribution in [0, 0.1) is 10.1 Å². The molecule has 0 fully saturated rings. The van der Waals surface area contributed by atoms with E-state index in [2.05, 4.69) is 20.6 Å². The molecule has 0 aliphatic rings. The number of nitro benzene ring substituents is 1. The number of ether oxygens (including phenoxy) is 1. The average Bonchev–Trinajstić information content (AvgIpc) is 3.42. The fraction of sp³-hybridized carbons (Fsp3) is 0.158. The molecule has 10 heteroatoms. The van der Waals surface area contributed by atoms with Crippen LogP contribution in [0.5, 0.6) is 5.75 Å². The Balaban J connectivity index is 1.48. The molecule has 4 rings (SSSR count). The molecule has 2 aromatic carbocycles. The Morgan fingerprint density at radius 1 is 1.07 bits per heavy atom. The summed E-state index contributed by atoms with van der Waals surface area (Å²) in [7, 11) is 1.62. The van der Waals surface area contributed by atoms with Gasteiger partial charge in [0, 0.05) is 12.1 Å². The molecule has 146 valence electrons. The lowest BCUT2D eigenvalue weighted by molar-refractivity contribution is -0.384. The van der Waals surface area contributed by atoms with Crippen LogP contribution < -0.4 is 4.74 Å². The highest BCUT2D eigenvalue weighted by Crippen LogP contribution is 2.18. The number of methoxy groups -OCH3 is 1. The van der Waals surface area contributed by atoms with E-state index < -0.39 is 4.92 Å². The second-order valence-electron chi connectivity index (χ2n) is 6.27. The zero-order valence-electron chi connectivity index (χ0n) is 15.5. The van der Waals surface area contributed by atoms with Crippen molar-refractivity contribution in [2.24, 2.45) is 0 Å². The molecular weight excluding hydrogens is 374 g/mol. The molecule has 0 spiro atoms. The zero-order valence-corrected chi connectivity index (χ0v) is 15.5. The maximum atomic E-state index is 10.9. The Bertz CT molecular complexity index is 1130. The molecule has 29 heavy (non-hydrogen) atoms. The van der Waals surface area contributed by atoms with Gasteiger partial charge in [-0.1, -0.05) is 16.5 Å². The van der Waals surface area contributed by atoms with Gasteiger partial charge >= 0.3 is 0 Å². The molecule has 0 atom stereocenters. The van der Waals surface area contributed by atoms with Gasteiger partial charge in [0.25, 0.3) is 5.69 Å². The third kappa shape index (κ3) is 3.95. The van der Waals surface area contributed by atoms with Crippen molar-refractivity contribution in [3.05, 3.63) is 82.4 Å². The van der Waals surface area contributed by atoms with E-state index in [1.165, 1.54) is 16.8 Å². The van der Waals surface area contributed by atoms with E-state index in [0.29, 0.717) is 18.5 Å². The molecule has 0 aliphatic carbocycles. The summed E-state index contributed by atoms with van der Waals surface area (Å²) in [4.78, 5) is 10.5. The number of benzene rings is 2. The largest absolute Gasteiger partial charge is 0.497 e. The normalized spacial score (nSPS) is 10.8. The maximum absolute atomic E-state index is 10.9. The van der Waals surface area contributed by atoms with E-state index >= 15 is 0 Å². The van der Waals surface area contributed by atoms with Crippen molar-refractivity contribution < 1.29 is 9.66 Å². The highest BCUT2D eigenvalue weighted by Gasteiger charge is 2.11. The zero-order chi connectivity index (χ0) is 20.2. The van der Waals surface area contributed by atoms with Crippen LogP contribution in [0.15, 0.2) is 60.9 Å². The lowest BCUT2D eigenvalue weighted by Crippen LogP contribution is -2.04. The summed E-state index contributed by atoms with van der Waals surface area (Å²) < 4.78 is 8.48. The van der Waals surface area contributed by atoms with Crippen LogP contribution in [0.2, 0.25) is 0 Å². The van der Waals surface area contributed by atoms with Gasteiger partial charge in [0.2, 0.25) is 0 Å². The first-order chi connectivity index (χ1) is 14.1. The van der Waals surface area contributed by atoms with Gasteiger partial charge in [-0.15, -0.1) is 10.2 Å². The van der Waals surface area contributed by atoms with E-state index in [-0.39, 0.29) is 5.69 Å². The first-order valence-electron chi connectivity index (χ1n) is 8.84. The monoisotopic (exact) mass is 391 g/mol. The summed E-state index contributed by atoms with van der Waals surface area (Å²) in [5.74, 6) is 0.771. The second-order valence-corrected chi connectivity index (χ2v) is 6.27. The standard InChI is InChI=1S/C19H17N7O3/c1-29-19-9-7-15(8-10-19)25-18(12-20-22-25)6-5-14-13-24(23-21-14)16-3-2-4-17(11-16)26(27)28/h2-4,7-13H,5-6H2,1H3. The SMILES string of the molecule is COc1ccc(-n2nncc2CCc2cn(-c3cccc([N+](=O)[O-])c3)nn2)cc1. The molecule has 0 saturated heterocycles. The topological polar surface area (TPSA) is 114 Å². The summed E-state index contributed by atoms with van der Waals surface area (Å²) >= 11 is 0. The number of nitrogens with zero attached hydrogens (tertiary/aromatic N) is 7. The van der Waals surface area contributed by atoms with Gasteiger partial charge in [-0.25, -0.2) is 9.36 Å². The van der Waals surface area contributed by atoms with E-state index in [4.69, 9.17) is 4.74 Å². The average molecular weight is 391 g/mol. The summed E-state index contributed by atoms with van der Waals surface area (Å²) in [5.41, 5.74) is 3.18. The van der Waals surface area contributed by atoms with Crippen molar-refractivity contribution in [1.82, 2.24) is 30.0 Å². The van der Waals surface area contributed by atoms with Crippen LogP contribution in [-0.4, -0.2) is 42.0 Å². The minimum absolute atomic E-state index is 0.00835. The Hall–Kier alpha value is -4.08. The minimum Gasteiger partial charge on any atom is -0.497 e. The minimum atomic E-state index is -0.436. The molecule has 0 saturated carbocycles. The van der Waals surface area contributed by atoms with Crippen molar-refractivity contribution in [2.75, 3.05) is 7.11 Å². The molecule has 0 bridgehead atoms. The van der Waals surface area contributed by atoms with Crippen LogP contribution in [0.25, 0.3) is 11.4 Å². The number of nitro groups is 1. The van der Waals surface area contributed by atoms with Gasteiger partial charge < -0.3 is 4.74 Å². The third-order valence-electron chi connectivity index (χ3n) is 4.42. The lowest BCUT2D eigenvalue weighted by atomic mass is 10.2. The first-order valence-corrected chi connectivity index (χ1v) is 8.84. The summed E-state index contributed by atoms with van der Waals surface area (Å²) in [5, 5.41) is 27.4. The van der Waals surface area contributed by atoms with Gasteiger partial charge in [-0.05, 0) is 43.2 Å². The summed E-state index contributed by atoms with van der Waals surface area (Å²) in [6.07, 6.45) is 4.76. The van der Waals surface area contributed by atoms with Gasteiger partial charge in [0.15, 0.2) is 0 Å². The molecule has 0 amide bonds. The highest BCUT2D eigenvalue weighted by atomic mass is 16.6. The van der Waals surface area contributed by atoms with Crippen LogP contribution >= 0.6 is 0 Å². The van der Waals surface area contributed by atoms with Crippen LogP contribution in [0.1, 0.15) is 11.4 Å². The summed E-state index contributed by atoms with van der Waals surface area (Å²) in [6.45, 7) is 0. The quantitative estimate of drug-likeness (QED) is 0.351. The molecular formula is C19H17N7O3. The Morgan fingerprint density at radius 2 is 1.90 bits per heavy atom. The lowest BCUT2D eigenvalue weighted by Gasteiger charge is -2.06. The van der Waals surface area contributed by atoms with Crippen LogP contribution in [-0.2, 0) is 12.8 Å². The number of aryl methyl sites for hydroxylation is 2. The Morgan fingerprint density at radius 3 is 2.66 bits per heavy atom. The summed E-state index contributed by atoms with van der Waals surface area (Å²) in [6, 6.07) is 13.8. The van der Waals surface area contributed by atoms with Crippen molar-refractivity contribution in [3.8, 4) is 17.1 Å². The van der Waals surface area contributed by atoms with Crippen molar-refractivity contribution in [3.63, 3.8) is 0 Å². The number of hydrogen-bond acceptors (Lipinski definition) is 7. The molecule has 10 nitrogen and oxygen atoms in total. The number of non-ortho nitro benzene ring substituents is 1. The second kappa shape index (κ2) is 7.89. The van der Waals surface area contributed by atoms with Crippen LogP contribution in [0.3, 0.4) is 0 Å². The number of aromatic nitrogens is 6. The maximum Gasteiger partial charge on any atom is 0.271 e. The van der Waals surface area contributed by atoms with Crippen molar-refractivity contribution >= 4 is 5.69 Å². The fourth-order valence-corrected chi connectivity index (χ4v) is 2.91. The van der Waals surface area contributed by atoms with Gasteiger partial charge in [-0.2, -0.15) is 0 Å². The number of hydrogen-bond donors (Lipinski definition) is 0. The highest BCUT2D eigenvalue weighted by molar-refractivity contribution is 5.42. The molecule has 0 radical (unpaired) electrons. The van der Waals surface area contributed by atoms with Crippen molar-refractivity contribution in [2.45, 2.75) is 12.8 Å². The van der Waals surface area contributed by atoms with Crippen molar-refractivity contribution in [1.29, 1.82) is 0 Å². The van der Waals surface area contributed by atoms with E-state index in [0.717, 1.165) is 22.8 Å². The Kier molecular flexibility index (Phi) is 4.97. The van der Waals surface area contributed by atoms with Gasteiger partial charge in [0.1, 0.15) is 5.75 Å². The number of rotatable bonds is 7. The third-order valence-corrected chi connectivity index (χ3v) is 4.42. The van der Waals surface area contributed by atoms with Gasteiger partial charge in [-0.3, -0.25) is 10.1 Å². The molecule has 0 N–H and O–H groups in total. The first kappa shape index (κ1) is 18.3. The molecule has 2 aromatic heterocycles. The smallest absolute Gasteiger partial charge is 0.271 e.